The van der Waals surface area contributed by atoms with Crippen molar-refractivity contribution in [3.05, 3.63) is 0 Å². The molecule has 0 bridgehead atoms. The first-order valence-corrected chi connectivity index (χ1v) is 5.59. The fourth-order valence-corrected chi connectivity index (χ4v) is 2.33. The quantitative estimate of drug-likeness (QED) is 0.742. The van der Waals surface area contributed by atoms with Crippen LogP contribution in [-0.4, -0.2) is 31.3 Å². The van der Waals surface area contributed by atoms with Crippen molar-refractivity contribution in [2.75, 3.05) is 13.1 Å². The average molecular weight is 222 g/mol. The lowest BCUT2D eigenvalue weighted by atomic mass is 9.85. The van der Waals surface area contributed by atoms with Gasteiger partial charge in [-0.2, -0.15) is 13.2 Å². The Morgan fingerprint density at radius 3 is 1.93 bits per heavy atom. The van der Waals surface area contributed by atoms with Crippen molar-refractivity contribution >= 4 is 0 Å². The van der Waals surface area contributed by atoms with Crippen molar-refractivity contribution in [3.63, 3.8) is 0 Å². The third-order valence-corrected chi connectivity index (χ3v) is 3.44. The van der Waals surface area contributed by atoms with Gasteiger partial charge in [0.05, 0.1) is 5.92 Å². The molecule has 1 saturated heterocycles. The van der Waals surface area contributed by atoms with Gasteiger partial charge in [0.1, 0.15) is 0 Å². The molecule has 15 heavy (non-hydrogen) atoms. The lowest BCUT2D eigenvalue weighted by molar-refractivity contribution is -0.182. The summed E-state index contributed by atoms with van der Waals surface area (Å²) in [6.45, 7) is 1.92. The van der Waals surface area contributed by atoms with Gasteiger partial charge in [0.2, 0.25) is 0 Å². The zero-order valence-corrected chi connectivity index (χ0v) is 8.61. The van der Waals surface area contributed by atoms with E-state index in [0.29, 0.717) is 37.8 Å². The van der Waals surface area contributed by atoms with Crippen LogP contribution in [0.2, 0.25) is 0 Å². The van der Waals surface area contributed by atoms with Crippen LogP contribution in [0.4, 0.5) is 13.2 Å². The van der Waals surface area contributed by atoms with E-state index in [9.17, 15) is 13.2 Å². The van der Waals surface area contributed by atoms with Gasteiger partial charge >= 0.3 is 6.18 Å². The molecule has 0 aromatic rings. The third kappa shape index (κ3) is 2.84. The minimum absolute atomic E-state index is 0.293. The van der Waals surface area contributed by atoms with E-state index in [2.05, 4.69) is 10.6 Å². The Kier molecular flexibility index (Phi) is 3.21. The molecule has 2 aliphatic rings. The normalized spacial score (nSPS) is 33.8. The molecule has 1 heterocycles. The first kappa shape index (κ1) is 11.2. The molecule has 2 N–H and O–H groups in total. The average Bonchev–Trinajstić information content (AvgIpc) is 2.11. The first-order chi connectivity index (χ1) is 7.05. The molecule has 5 heteroatoms. The van der Waals surface area contributed by atoms with Crippen molar-refractivity contribution < 1.29 is 13.2 Å². The maximum Gasteiger partial charge on any atom is 0.391 e. The van der Waals surface area contributed by atoms with Crippen LogP contribution in [0, 0.1) is 5.92 Å². The standard InChI is InChI=1S/C10H17F3N2/c11-10(12,13)7-1-3-8(4-2-7)15-9-5-14-6-9/h7-9,14-15H,1-6H2. The van der Waals surface area contributed by atoms with Crippen LogP contribution in [0.15, 0.2) is 0 Å². The minimum Gasteiger partial charge on any atom is -0.314 e. The van der Waals surface area contributed by atoms with Crippen LogP contribution >= 0.6 is 0 Å². The summed E-state index contributed by atoms with van der Waals surface area (Å²) in [6.07, 6.45) is -2.06. The molecular formula is C10H17F3N2. The van der Waals surface area contributed by atoms with Crippen molar-refractivity contribution in [1.82, 2.24) is 10.6 Å². The number of hydrogen-bond acceptors (Lipinski definition) is 2. The van der Waals surface area contributed by atoms with E-state index in [0.717, 1.165) is 13.1 Å². The molecule has 0 aromatic carbocycles. The van der Waals surface area contributed by atoms with Crippen molar-refractivity contribution in [1.29, 1.82) is 0 Å². The topological polar surface area (TPSA) is 24.1 Å². The first-order valence-electron chi connectivity index (χ1n) is 5.59. The molecule has 0 spiro atoms. The molecule has 0 aromatic heterocycles. The van der Waals surface area contributed by atoms with Gasteiger partial charge in [0.25, 0.3) is 0 Å². The molecule has 1 aliphatic heterocycles. The lowest BCUT2D eigenvalue weighted by Gasteiger charge is -2.36. The van der Waals surface area contributed by atoms with Gasteiger partial charge in [-0.15, -0.1) is 0 Å². The summed E-state index contributed by atoms with van der Waals surface area (Å²) in [5.74, 6) is -1.06. The van der Waals surface area contributed by atoms with E-state index >= 15 is 0 Å². The van der Waals surface area contributed by atoms with Crippen LogP contribution in [0.1, 0.15) is 25.7 Å². The monoisotopic (exact) mass is 222 g/mol. The van der Waals surface area contributed by atoms with Gasteiger partial charge < -0.3 is 10.6 Å². The summed E-state index contributed by atoms with van der Waals surface area (Å²) >= 11 is 0. The fourth-order valence-electron chi connectivity index (χ4n) is 2.33. The Morgan fingerprint density at radius 2 is 1.53 bits per heavy atom. The highest BCUT2D eigenvalue weighted by Crippen LogP contribution is 2.37. The third-order valence-electron chi connectivity index (χ3n) is 3.44. The smallest absolute Gasteiger partial charge is 0.314 e. The second-order valence-electron chi connectivity index (χ2n) is 4.61. The highest BCUT2D eigenvalue weighted by molar-refractivity contribution is 4.88. The predicted molar refractivity (Wildman–Crippen MR) is 51.6 cm³/mol. The zero-order chi connectivity index (χ0) is 10.9. The van der Waals surface area contributed by atoms with Gasteiger partial charge in [-0.3, -0.25) is 0 Å². The molecule has 88 valence electrons. The van der Waals surface area contributed by atoms with E-state index in [1.54, 1.807) is 0 Å². The summed E-state index contributed by atoms with van der Waals surface area (Å²) in [6, 6.07) is 0.785. The van der Waals surface area contributed by atoms with Gasteiger partial charge in [-0.25, -0.2) is 0 Å². The highest BCUT2D eigenvalue weighted by Gasteiger charge is 2.41. The Bertz CT molecular complexity index is 205. The van der Waals surface area contributed by atoms with Crippen LogP contribution < -0.4 is 10.6 Å². The van der Waals surface area contributed by atoms with E-state index in [1.807, 2.05) is 0 Å². The second-order valence-corrected chi connectivity index (χ2v) is 4.61. The Hall–Kier alpha value is -0.290. The Morgan fingerprint density at radius 1 is 0.933 bits per heavy atom. The summed E-state index contributed by atoms with van der Waals surface area (Å²) < 4.78 is 37.1. The Balaban J connectivity index is 1.71. The summed E-state index contributed by atoms with van der Waals surface area (Å²) in [4.78, 5) is 0. The van der Waals surface area contributed by atoms with E-state index in [1.165, 1.54) is 0 Å². The largest absolute Gasteiger partial charge is 0.391 e. The summed E-state index contributed by atoms with van der Waals surface area (Å²) in [5.41, 5.74) is 0. The van der Waals surface area contributed by atoms with Crippen LogP contribution in [-0.2, 0) is 0 Å². The van der Waals surface area contributed by atoms with Crippen molar-refractivity contribution in [2.45, 2.75) is 43.9 Å². The van der Waals surface area contributed by atoms with Crippen LogP contribution in [0.5, 0.6) is 0 Å². The number of nitrogens with one attached hydrogen (secondary N) is 2. The number of alkyl halides is 3. The SMILES string of the molecule is FC(F)(F)C1CCC(NC2CNC2)CC1. The minimum atomic E-state index is -3.98. The second kappa shape index (κ2) is 4.29. The molecule has 2 rings (SSSR count). The Labute approximate surface area is 87.6 Å². The predicted octanol–water partition coefficient (Wildman–Crippen LogP) is 1.67. The zero-order valence-electron chi connectivity index (χ0n) is 8.61. The lowest BCUT2D eigenvalue weighted by Crippen LogP contribution is -2.58. The van der Waals surface area contributed by atoms with Gasteiger partial charge in [-0.05, 0) is 25.7 Å². The summed E-state index contributed by atoms with van der Waals surface area (Å²) in [7, 11) is 0. The molecule has 0 unspecified atom stereocenters. The molecule has 2 nitrogen and oxygen atoms in total. The van der Waals surface area contributed by atoms with Gasteiger partial charge in [-0.1, -0.05) is 0 Å². The van der Waals surface area contributed by atoms with E-state index in [-0.39, 0.29) is 0 Å². The molecule has 2 fully saturated rings. The van der Waals surface area contributed by atoms with Gasteiger partial charge in [0, 0.05) is 25.2 Å². The summed E-state index contributed by atoms with van der Waals surface area (Å²) in [5, 5.41) is 6.54. The van der Waals surface area contributed by atoms with E-state index in [4.69, 9.17) is 0 Å². The fraction of sp³-hybridized carbons (Fsp3) is 1.00. The maximum absolute atomic E-state index is 12.4. The molecule has 0 radical (unpaired) electrons. The molecule has 1 saturated carbocycles. The van der Waals surface area contributed by atoms with E-state index < -0.39 is 12.1 Å². The van der Waals surface area contributed by atoms with Crippen molar-refractivity contribution in [3.8, 4) is 0 Å². The number of rotatable bonds is 2. The maximum atomic E-state index is 12.4. The van der Waals surface area contributed by atoms with Gasteiger partial charge in [0.15, 0.2) is 0 Å². The molecule has 0 amide bonds. The molecular weight excluding hydrogens is 205 g/mol. The molecule has 1 aliphatic carbocycles. The highest BCUT2D eigenvalue weighted by atomic mass is 19.4. The van der Waals surface area contributed by atoms with Crippen LogP contribution in [0.3, 0.4) is 0 Å². The number of hydrogen-bond donors (Lipinski definition) is 2. The number of halogens is 3. The molecule has 0 atom stereocenters. The van der Waals surface area contributed by atoms with Crippen LogP contribution in [0.25, 0.3) is 0 Å². The van der Waals surface area contributed by atoms with Crippen molar-refractivity contribution in [2.24, 2.45) is 5.92 Å².